The summed E-state index contributed by atoms with van der Waals surface area (Å²) in [5.74, 6) is -0.105. The Hall–Kier alpha value is -0.550. The van der Waals surface area contributed by atoms with Crippen LogP contribution in [0.2, 0.25) is 0 Å². The molecule has 1 aliphatic carbocycles. The molecule has 0 bridgehead atoms. The fourth-order valence-corrected chi connectivity index (χ4v) is 3.08. The summed E-state index contributed by atoms with van der Waals surface area (Å²) in [5, 5.41) is 8.91. The molecule has 0 heterocycles. The molecule has 0 amide bonds. The molecule has 3 nitrogen and oxygen atoms in total. The smallest absolute Gasteiger partial charge is 0.307 e. The van der Waals surface area contributed by atoms with Crippen molar-refractivity contribution >= 4 is 37.8 Å². The van der Waals surface area contributed by atoms with Crippen molar-refractivity contribution in [2.45, 2.75) is 31.3 Å². The number of carboxylic acid groups (broad SMARTS) is 1. The second kappa shape index (κ2) is 4.98. The maximum atomic E-state index is 10.8. The first kappa shape index (κ1) is 12.9. The lowest BCUT2D eigenvalue weighted by Crippen LogP contribution is -2.45. The Balaban J connectivity index is 2.15. The molecule has 0 saturated heterocycles. The number of carboxylic acids is 1. The Kier molecular flexibility index (Phi) is 3.78. The number of benzene rings is 1. The van der Waals surface area contributed by atoms with E-state index in [9.17, 15) is 4.79 Å². The van der Waals surface area contributed by atoms with Crippen LogP contribution in [0.5, 0.6) is 5.75 Å². The van der Waals surface area contributed by atoms with Gasteiger partial charge in [0.2, 0.25) is 0 Å². The summed E-state index contributed by atoms with van der Waals surface area (Å²) in [6.45, 7) is 0. The Morgan fingerprint density at radius 2 is 2.12 bits per heavy atom. The van der Waals surface area contributed by atoms with E-state index >= 15 is 0 Å². The van der Waals surface area contributed by atoms with Crippen LogP contribution >= 0.6 is 31.9 Å². The Bertz CT molecular complexity index is 441. The van der Waals surface area contributed by atoms with Gasteiger partial charge in [-0.15, -0.1) is 0 Å². The molecule has 1 fully saturated rings. The summed E-state index contributed by atoms with van der Waals surface area (Å²) in [7, 11) is 0. The zero-order valence-corrected chi connectivity index (χ0v) is 12.3. The topological polar surface area (TPSA) is 46.5 Å². The molecule has 1 aliphatic rings. The third-order valence-electron chi connectivity index (χ3n) is 2.96. The molecule has 1 aromatic rings. The minimum atomic E-state index is -0.807. The first-order chi connectivity index (χ1) is 8.01. The van der Waals surface area contributed by atoms with Crippen molar-refractivity contribution in [3.63, 3.8) is 0 Å². The van der Waals surface area contributed by atoms with E-state index in [0.29, 0.717) is 5.75 Å². The number of carbonyl (C=O) groups is 1. The third-order valence-corrected chi connectivity index (χ3v) is 4.07. The average Bonchev–Trinajstić information content (AvgIpc) is 2.18. The van der Waals surface area contributed by atoms with Gasteiger partial charge in [0.15, 0.2) is 0 Å². The number of ether oxygens (including phenoxy) is 1. The van der Waals surface area contributed by atoms with Crippen LogP contribution in [0.4, 0.5) is 0 Å². The van der Waals surface area contributed by atoms with Gasteiger partial charge in [-0.25, -0.2) is 0 Å². The van der Waals surface area contributed by atoms with Crippen molar-refractivity contribution in [3.05, 3.63) is 27.1 Å². The van der Waals surface area contributed by atoms with Crippen LogP contribution in [-0.4, -0.2) is 16.7 Å². The highest BCUT2D eigenvalue weighted by atomic mass is 79.9. The van der Waals surface area contributed by atoms with Crippen molar-refractivity contribution in [1.82, 2.24) is 0 Å². The van der Waals surface area contributed by atoms with E-state index < -0.39 is 11.6 Å². The Labute approximate surface area is 116 Å². The summed E-state index contributed by atoms with van der Waals surface area (Å²) >= 11 is 6.78. The number of hydrogen-bond acceptors (Lipinski definition) is 2. The van der Waals surface area contributed by atoms with Gasteiger partial charge in [0, 0.05) is 4.47 Å². The minimum Gasteiger partial charge on any atom is -0.485 e. The fraction of sp³-hybridized carbons (Fsp3) is 0.417. The molecule has 2 rings (SSSR count). The van der Waals surface area contributed by atoms with Crippen molar-refractivity contribution in [1.29, 1.82) is 0 Å². The van der Waals surface area contributed by atoms with Gasteiger partial charge in [0.25, 0.3) is 0 Å². The molecular weight excluding hydrogens is 352 g/mol. The molecule has 0 aromatic heterocycles. The van der Waals surface area contributed by atoms with Crippen LogP contribution in [0.25, 0.3) is 0 Å². The van der Waals surface area contributed by atoms with Crippen LogP contribution in [0.15, 0.2) is 27.1 Å². The average molecular weight is 364 g/mol. The first-order valence-electron chi connectivity index (χ1n) is 5.37. The van der Waals surface area contributed by atoms with Crippen LogP contribution < -0.4 is 4.74 Å². The molecule has 17 heavy (non-hydrogen) atoms. The van der Waals surface area contributed by atoms with Gasteiger partial charge >= 0.3 is 5.97 Å². The summed E-state index contributed by atoms with van der Waals surface area (Å²) in [5.41, 5.74) is -0.512. The van der Waals surface area contributed by atoms with Gasteiger partial charge in [-0.2, -0.15) is 0 Å². The normalized spacial score (nSPS) is 17.3. The van der Waals surface area contributed by atoms with E-state index in [4.69, 9.17) is 9.84 Å². The first-order valence-corrected chi connectivity index (χ1v) is 6.95. The van der Waals surface area contributed by atoms with Gasteiger partial charge < -0.3 is 9.84 Å². The molecular formula is C12H12Br2O3. The highest BCUT2D eigenvalue weighted by Gasteiger charge is 2.41. The predicted octanol–water partition coefficient (Wildman–Crippen LogP) is 3.99. The van der Waals surface area contributed by atoms with Gasteiger partial charge in [0.05, 0.1) is 10.9 Å². The van der Waals surface area contributed by atoms with E-state index in [2.05, 4.69) is 31.9 Å². The molecule has 0 spiro atoms. The van der Waals surface area contributed by atoms with Crippen LogP contribution in [0.3, 0.4) is 0 Å². The van der Waals surface area contributed by atoms with Crippen LogP contribution in [-0.2, 0) is 4.79 Å². The highest BCUT2D eigenvalue weighted by Crippen LogP contribution is 2.41. The van der Waals surface area contributed by atoms with Crippen molar-refractivity contribution in [2.24, 2.45) is 0 Å². The van der Waals surface area contributed by atoms with E-state index in [-0.39, 0.29) is 6.42 Å². The molecule has 0 aliphatic heterocycles. The van der Waals surface area contributed by atoms with Crippen molar-refractivity contribution < 1.29 is 14.6 Å². The lowest BCUT2D eigenvalue weighted by Gasteiger charge is -2.41. The summed E-state index contributed by atoms with van der Waals surface area (Å²) in [4.78, 5) is 10.8. The predicted molar refractivity (Wildman–Crippen MR) is 71.3 cm³/mol. The summed E-state index contributed by atoms with van der Waals surface area (Å²) < 4.78 is 7.68. The second-order valence-corrected chi connectivity index (χ2v) is 6.05. The molecule has 1 saturated carbocycles. The van der Waals surface area contributed by atoms with Gasteiger partial charge in [-0.3, -0.25) is 4.79 Å². The third kappa shape index (κ3) is 3.01. The van der Waals surface area contributed by atoms with E-state index in [1.165, 1.54) is 0 Å². The largest absolute Gasteiger partial charge is 0.485 e. The number of halogens is 2. The van der Waals surface area contributed by atoms with Gasteiger partial charge in [0.1, 0.15) is 11.4 Å². The molecule has 5 heteroatoms. The number of aliphatic carboxylic acids is 1. The minimum absolute atomic E-state index is 0.0650. The fourth-order valence-electron chi connectivity index (χ4n) is 1.95. The zero-order chi connectivity index (χ0) is 12.5. The van der Waals surface area contributed by atoms with Crippen molar-refractivity contribution in [3.8, 4) is 5.75 Å². The Morgan fingerprint density at radius 3 is 2.59 bits per heavy atom. The van der Waals surface area contributed by atoms with E-state index in [0.717, 1.165) is 28.2 Å². The lowest BCUT2D eigenvalue weighted by atomic mass is 9.77. The quantitative estimate of drug-likeness (QED) is 0.879. The monoisotopic (exact) mass is 362 g/mol. The molecule has 1 N–H and O–H groups in total. The molecule has 0 radical (unpaired) electrons. The summed E-state index contributed by atoms with van der Waals surface area (Å²) in [6.07, 6.45) is 2.71. The van der Waals surface area contributed by atoms with Crippen LogP contribution in [0.1, 0.15) is 25.7 Å². The maximum Gasteiger partial charge on any atom is 0.307 e. The lowest BCUT2D eigenvalue weighted by molar-refractivity contribution is -0.144. The number of rotatable bonds is 4. The van der Waals surface area contributed by atoms with E-state index in [1.807, 2.05) is 18.2 Å². The highest BCUT2D eigenvalue weighted by molar-refractivity contribution is 9.11. The molecule has 0 atom stereocenters. The van der Waals surface area contributed by atoms with Gasteiger partial charge in [-0.05, 0) is 53.4 Å². The summed E-state index contributed by atoms with van der Waals surface area (Å²) in [6, 6.07) is 5.62. The SMILES string of the molecule is O=C(O)CC1(Oc2ccc(Br)cc2Br)CCC1. The van der Waals surface area contributed by atoms with Crippen molar-refractivity contribution in [2.75, 3.05) is 0 Å². The molecule has 0 unspecified atom stereocenters. The van der Waals surface area contributed by atoms with Crippen LogP contribution in [0, 0.1) is 0 Å². The van der Waals surface area contributed by atoms with Gasteiger partial charge in [-0.1, -0.05) is 15.9 Å². The second-order valence-electron chi connectivity index (χ2n) is 4.28. The maximum absolute atomic E-state index is 10.8. The number of hydrogen-bond donors (Lipinski definition) is 1. The standard InChI is InChI=1S/C12H12Br2O3/c13-8-2-3-10(9(14)6-8)17-12(4-1-5-12)7-11(15)16/h2-3,6H,1,4-5,7H2,(H,15,16). The zero-order valence-electron chi connectivity index (χ0n) is 9.08. The molecule has 1 aromatic carbocycles. The Morgan fingerprint density at radius 1 is 1.41 bits per heavy atom. The van der Waals surface area contributed by atoms with E-state index in [1.54, 1.807) is 0 Å². The molecule has 92 valence electrons.